The molecule has 0 aliphatic heterocycles. The molecule has 0 unspecified atom stereocenters. The zero-order valence-corrected chi connectivity index (χ0v) is 15.8. The molecule has 0 saturated carbocycles. The third kappa shape index (κ3) is 5.63. The monoisotopic (exact) mass is 374 g/mol. The van der Waals surface area contributed by atoms with Crippen molar-refractivity contribution in [3.8, 4) is 11.5 Å². The van der Waals surface area contributed by atoms with Crippen molar-refractivity contribution in [2.45, 2.75) is 13.0 Å². The maximum absolute atomic E-state index is 11.6. The van der Waals surface area contributed by atoms with Gasteiger partial charge in [0.25, 0.3) is 0 Å². The summed E-state index contributed by atoms with van der Waals surface area (Å²) < 4.78 is 15.7. The maximum Gasteiger partial charge on any atom is 0.337 e. The van der Waals surface area contributed by atoms with E-state index in [0.717, 1.165) is 0 Å². The van der Waals surface area contributed by atoms with Crippen LogP contribution < -0.4 is 20.1 Å². The number of nitrogens with one attached hydrogen (secondary N) is 2. The summed E-state index contributed by atoms with van der Waals surface area (Å²) in [5.41, 5.74) is 1.15. The van der Waals surface area contributed by atoms with Crippen molar-refractivity contribution in [1.29, 1.82) is 0 Å². The van der Waals surface area contributed by atoms with Gasteiger partial charge in [0.2, 0.25) is 0 Å². The van der Waals surface area contributed by atoms with Gasteiger partial charge in [0.1, 0.15) is 6.61 Å². The molecule has 0 saturated heterocycles. The minimum absolute atomic E-state index is 0.0382. The number of thiocarbonyl (C=S) groups is 1. The summed E-state index contributed by atoms with van der Waals surface area (Å²) in [6.07, 6.45) is 0. The van der Waals surface area contributed by atoms with Crippen LogP contribution in [0.3, 0.4) is 0 Å². The van der Waals surface area contributed by atoms with Gasteiger partial charge in [-0.15, -0.1) is 0 Å². The maximum atomic E-state index is 11.6. The van der Waals surface area contributed by atoms with Crippen LogP contribution >= 0.6 is 12.2 Å². The highest BCUT2D eigenvalue weighted by Gasteiger charge is 2.10. The van der Waals surface area contributed by atoms with E-state index in [4.69, 9.17) is 26.4 Å². The van der Waals surface area contributed by atoms with Crippen LogP contribution in [-0.4, -0.2) is 38.0 Å². The van der Waals surface area contributed by atoms with Crippen LogP contribution in [0, 0.1) is 0 Å². The average Bonchev–Trinajstić information content (AvgIpc) is 2.66. The first-order valence-corrected chi connectivity index (χ1v) is 8.46. The second kappa shape index (κ2) is 9.62. The molecule has 1 atom stereocenters. The lowest BCUT2D eigenvalue weighted by atomic mass is 10.2. The molecule has 0 radical (unpaired) electrons. The van der Waals surface area contributed by atoms with Crippen LogP contribution in [-0.2, 0) is 4.74 Å². The summed E-state index contributed by atoms with van der Waals surface area (Å²) in [5.74, 6) is 0.958. The molecule has 7 heteroatoms. The van der Waals surface area contributed by atoms with Crippen LogP contribution in [0.2, 0.25) is 0 Å². The van der Waals surface area contributed by atoms with Crippen molar-refractivity contribution in [3.05, 3.63) is 54.1 Å². The molecular weight excluding hydrogens is 352 g/mol. The summed E-state index contributed by atoms with van der Waals surface area (Å²) in [5, 5.41) is 6.62. The van der Waals surface area contributed by atoms with Crippen molar-refractivity contribution < 1.29 is 19.0 Å². The van der Waals surface area contributed by atoms with Crippen molar-refractivity contribution in [2.24, 2.45) is 0 Å². The van der Waals surface area contributed by atoms with Gasteiger partial charge in [-0.05, 0) is 49.5 Å². The Morgan fingerprint density at radius 2 is 1.85 bits per heavy atom. The molecule has 2 N–H and O–H groups in total. The Kier molecular flexibility index (Phi) is 7.23. The molecule has 2 rings (SSSR count). The Hall–Kier alpha value is -2.80. The highest BCUT2D eigenvalue weighted by atomic mass is 32.1. The highest BCUT2D eigenvalue weighted by molar-refractivity contribution is 7.80. The molecule has 0 fully saturated rings. The predicted octanol–water partition coefficient (Wildman–Crippen LogP) is 3.24. The molecule has 0 spiro atoms. The minimum Gasteiger partial charge on any atom is -0.493 e. The number of esters is 1. The molecule has 0 aliphatic carbocycles. The van der Waals surface area contributed by atoms with Crippen LogP contribution in [0.25, 0.3) is 0 Å². The van der Waals surface area contributed by atoms with Gasteiger partial charge in [-0.1, -0.05) is 18.2 Å². The Morgan fingerprint density at radius 1 is 1.12 bits per heavy atom. The Bertz CT molecular complexity index is 767. The second-order valence-corrected chi connectivity index (χ2v) is 5.94. The molecule has 0 aromatic heterocycles. The smallest absolute Gasteiger partial charge is 0.337 e. The molecule has 6 nitrogen and oxygen atoms in total. The van der Waals surface area contributed by atoms with Crippen LogP contribution in [0.4, 0.5) is 5.69 Å². The Balaban J connectivity index is 1.86. The zero-order valence-electron chi connectivity index (χ0n) is 14.9. The molecule has 2 aromatic carbocycles. The zero-order chi connectivity index (χ0) is 18.9. The standard InChI is InChI=1S/C19H22N2O4S/c1-13(12-25-17-10-5-4-9-16(17)23-2)20-19(26)21-15-8-6-7-14(11-15)18(22)24-3/h4-11,13H,12H2,1-3H3,(H2,20,21,26)/t13-/m1/s1. The first kappa shape index (κ1) is 19.5. The van der Waals surface area contributed by atoms with E-state index in [1.165, 1.54) is 7.11 Å². The second-order valence-electron chi connectivity index (χ2n) is 5.53. The fraction of sp³-hybridized carbons (Fsp3) is 0.263. The summed E-state index contributed by atoms with van der Waals surface area (Å²) in [6, 6.07) is 14.3. The number of hydrogen-bond donors (Lipinski definition) is 2. The third-order valence-corrected chi connectivity index (χ3v) is 3.70. The van der Waals surface area contributed by atoms with Crippen LogP contribution in [0.1, 0.15) is 17.3 Å². The number of hydrogen-bond acceptors (Lipinski definition) is 5. The van der Waals surface area contributed by atoms with Gasteiger partial charge >= 0.3 is 5.97 Å². The molecular formula is C19H22N2O4S. The van der Waals surface area contributed by atoms with E-state index in [1.54, 1.807) is 25.3 Å². The van der Waals surface area contributed by atoms with Gasteiger partial charge < -0.3 is 24.8 Å². The van der Waals surface area contributed by atoms with Crippen molar-refractivity contribution in [2.75, 3.05) is 26.1 Å². The van der Waals surface area contributed by atoms with Gasteiger partial charge in [-0.25, -0.2) is 4.79 Å². The molecule has 26 heavy (non-hydrogen) atoms. The van der Waals surface area contributed by atoms with Crippen molar-refractivity contribution in [1.82, 2.24) is 5.32 Å². The molecule has 0 bridgehead atoms. The number of rotatable bonds is 7. The predicted molar refractivity (Wildman–Crippen MR) is 105 cm³/mol. The van der Waals surface area contributed by atoms with E-state index in [2.05, 4.69) is 10.6 Å². The molecule has 2 aromatic rings. The van der Waals surface area contributed by atoms with Crippen molar-refractivity contribution >= 4 is 29.0 Å². The Labute approximate surface area is 158 Å². The molecule has 0 amide bonds. The number of carbonyl (C=O) groups excluding carboxylic acids is 1. The first-order valence-electron chi connectivity index (χ1n) is 8.05. The summed E-state index contributed by atoms with van der Waals surface area (Å²) in [4.78, 5) is 11.6. The SMILES string of the molecule is COC(=O)c1cccc(NC(=S)N[C@H](C)COc2ccccc2OC)c1. The summed E-state index contributed by atoms with van der Waals surface area (Å²) in [7, 11) is 2.95. The fourth-order valence-electron chi connectivity index (χ4n) is 2.23. The van der Waals surface area contributed by atoms with E-state index >= 15 is 0 Å². The van der Waals surface area contributed by atoms with Crippen LogP contribution in [0.5, 0.6) is 11.5 Å². The fourth-order valence-corrected chi connectivity index (χ4v) is 2.55. The number of methoxy groups -OCH3 is 2. The summed E-state index contributed by atoms with van der Waals surface area (Å²) in [6.45, 7) is 2.36. The van der Waals surface area contributed by atoms with E-state index in [0.29, 0.717) is 34.5 Å². The summed E-state index contributed by atoms with van der Waals surface area (Å²) >= 11 is 5.31. The third-order valence-electron chi connectivity index (χ3n) is 3.48. The lowest BCUT2D eigenvalue weighted by molar-refractivity contribution is 0.0601. The lowest BCUT2D eigenvalue weighted by Gasteiger charge is -2.18. The number of para-hydroxylation sites is 2. The van der Waals surface area contributed by atoms with Gasteiger partial charge in [0, 0.05) is 5.69 Å². The van der Waals surface area contributed by atoms with E-state index in [1.807, 2.05) is 37.3 Å². The first-order chi connectivity index (χ1) is 12.5. The number of ether oxygens (including phenoxy) is 3. The number of carbonyl (C=O) groups is 1. The van der Waals surface area contributed by atoms with E-state index in [9.17, 15) is 4.79 Å². The number of anilines is 1. The van der Waals surface area contributed by atoms with E-state index < -0.39 is 5.97 Å². The lowest BCUT2D eigenvalue weighted by Crippen LogP contribution is -2.39. The number of benzene rings is 2. The molecule has 138 valence electrons. The van der Waals surface area contributed by atoms with Crippen LogP contribution in [0.15, 0.2) is 48.5 Å². The van der Waals surface area contributed by atoms with Gasteiger partial charge in [0.15, 0.2) is 16.6 Å². The minimum atomic E-state index is -0.397. The quantitative estimate of drug-likeness (QED) is 0.570. The van der Waals surface area contributed by atoms with E-state index in [-0.39, 0.29) is 6.04 Å². The normalized spacial score (nSPS) is 11.2. The topological polar surface area (TPSA) is 68.8 Å². The largest absolute Gasteiger partial charge is 0.493 e. The molecule has 0 heterocycles. The van der Waals surface area contributed by atoms with Gasteiger partial charge in [-0.2, -0.15) is 0 Å². The Morgan fingerprint density at radius 3 is 2.54 bits per heavy atom. The highest BCUT2D eigenvalue weighted by Crippen LogP contribution is 2.25. The molecule has 0 aliphatic rings. The van der Waals surface area contributed by atoms with Crippen molar-refractivity contribution in [3.63, 3.8) is 0 Å². The van der Waals surface area contributed by atoms with Gasteiger partial charge in [-0.3, -0.25) is 0 Å². The van der Waals surface area contributed by atoms with Gasteiger partial charge in [0.05, 0.1) is 25.8 Å². The average molecular weight is 374 g/mol.